The molecule has 0 spiro atoms. The summed E-state index contributed by atoms with van der Waals surface area (Å²) < 4.78 is 10.9. The topological polar surface area (TPSA) is 97.5 Å². The number of thiazole rings is 1. The zero-order valence-corrected chi connectivity index (χ0v) is 13.8. The molecule has 2 aromatic heterocycles. The Hall–Kier alpha value is -2.87. The number of aromatic hydroxyl groups is 1. The third kappa shape index (κ3) is 3.72. The van der Waals surface area contributed by atoms with Gasteiger partial charge in [0.05, 0.1) is 17.1 Å². The van der Waals surface area contributed by atoms with Gasteiger partial charge in [-0.1, -0.05) is 16.5 Å². The molecular formula is C16H15N3O4S. The van der Waals surface area contributed by atoms with Gasteiger partial charge in [-0.3, -0.25) is 4.79 Å². The van der Waals surface area contributed by atoms with Crippen molar-refractivity contribution >= 4 is 17.2 Å². The molecule has 1 atom stereocenters. The quantitative estimate of drug-likeness (QED) is 0.734. The lowest BCUT2D eigenvalue weighted by Gasteiger charge is -2.06. The van der Waals surface area contributed by atoms with Crippen LogP contribution in [0.5, 0.6) is 16.7 Å². The van der Waals surface area contributed by atoms with Crippen molar-refractivity contribution in [2.24, 2.45) is 0 Å². The van der Waals surface area contributed by atoms with E-state index in [2.05, 4.69) is 15.5 Å². The van der Waals surface area contributed by atoms with Gasteiger partial charge in [0.2, 0.25) is 5.91 Å². The fourth-order valence-corrected chi connectivity index (χ4v) is 2.76. The molecule has 7 nitrogen and oxygen atoms in total. The molecule has 0 bridgehead atoms. The summed E-state index contributed by atoms with van der Waals surface area (Å²) in [5, 5.41) is 16.5. The van der Waals surface area contributed by atoms with E-state index in [0.29, 0.717) is 22.4 Å². The van der Waals surface area contributed by atoms with E-state index >= 15 is 0 Å². The molecule has 124 valence electrons. The van der Waals surface area contributed by atoms with E-state index in [1.54, 1.807) is 24.4 Å². The van der Waals surface area contributed by atoms with E-state index in [4.69, 9.17) is 9.26 Å². The minimum atomic E-state index is -0.260. The number of ether oxygens (including phenoxy) is 1. The summed E-state index contributed by atoms with van der Waals surface area (Å²) in [4.78, 5) is 16.1. The molecule has 8 heteroatoms. The number of nitrogens with one attached hydrogen (secondary N) is 1. The average molecular weight is 345 g/mol. The molecule has 0 aliphatic heterocycles. The Kier molecular flexibility index (Phi) is 4.48. The van der Waals surface area contributed by atoms with Crippen molar-refractivity contribution in [3.05, 3.63) is 42.3 Å². The summed E-state index contributed by atoms with van der Waals surface area (Å²) in [6.07, 6.45) is 1.64. The highest BCUT2D eigenvalue weighted by Crippen LogP contribution is 2.33. The highest BCUT2D eigenvalue weighted by atomic mass is 32.1. The number of hydrogen-bond donors (Lipinski definition) is 2. The molecule has 0 saturated carbocycles. The molecule has 1 amide bonds. The van der Waals surface area contributed by atoms with Gasteiger partial charge in [0, 0.05) is 13.0 Å². The van der Waals surface area contributed by atoms with Crippen LogP contribution in [0.25, 0.3) is 10.6 Å². The van der Waals surface area contributed by atoms with E-state index in [1.807, 2.05) is 6.92 Å². The van der Waals surface area contributed by atoms with Crippen molar-refractivity contribution in [1.82, 2.24) is 15.5 Å². The number of carbonyl (C=O) groups is 1. The largest absolute Gasteiger partial charge is 0.508 e. The summed E-state index contributed by atoms with van der Waals surface area (Å²) in [5.41, 5.74) is 0.625. The number of aromatic nitrogens is 2. The highest BCUT2D eigenvalue weighted by Gasteiger charge is 2.16. The zero-order valence-electron chi connectivity index (χ0n) is 13.0. The number of benzene rings is 1. The molecule has 24 heavy (non-hydrogen) atoms. The van der Waals surface area contributed by atoms with Crippen molar-refractivity contribution in [1.29, 1.82) is 0 Å². The standard InChI is InChI=1S/C16H15N3O4S/c1-9(18-10(2)20)14-7-13(19-23-14)15-8-17-16(24-15)22-12-5-3-11(21)4-6-12/h3-9,21H,1-2H3,(H,18,20). The van der Waals surface area contributed by atoms with Gasteiger partial charge in [0.1, 0.15) is 17.2 Å². The Morgan fingerprint density at radius 1 is 1.38 bits per heavy atom. The minimum Gasteiger partial charge on any atom is -0.508 e. The maximum absolute atomic E-state index is 11.1. The second kappa shape index (κ2) is 6.71. The van der Waals surface area contributed by atoms with Crippen molar-refractivity contribution < 1.29 is 19.2 Å². The van der Waals surface area contributed by atoms with Gasteiger partial charge in [0.15, 0.2) is 5.76 Å². The van der Waals surface area contributed by atoms with E-state index < -0.39 is 0 Å². The van der Waals surface area contributed by atoms with Crippen LogP contribution in [0.1, 0.15) is 25.6 Å². The molecule has 0 radical (unpaired) electrons. The van der Waals surface area contributed by atoms with E-state index in [0.717, 1.165) is 4.88 Å². The lowest BCUT2D eigenvalue weighted by Crippen LogP contribution is -2.23. The summed E-state index contributed by atoms with van der Waals surface area (Å²) in [6.45, 7) is 3.27. The number of carbonyl (C=O) groups excluding carboxylic acids is 1. The van der Waals surface area contributed by atoms with Crippen LogP contribution in [-0.4, -0.2) is 21.2 Å². The van der Waals surface area contributed by atoms with Crippen molar-refractivity contribution in [3.63, 3.8) is 0 Å². The summed E-state index contributed by atoms with van der Waals surface area (Å²) in [7, 11) is 0. The van der Waals surface area contributed by atoms with Crippen LogP contribution in [0, 0.1) is 0 Å². The Morgan fingerprint density at radius 3 is 2.83 bits per heavy atom. The minimum absolute atomic E-state index is 0.136. The molecule has 2 N–H and O–H groups in total. The van der Waals surface area contributed by atoms with Gasteiger partial charge in [-0.25, -0.2) is 4.98 Å². The van der Waals surface area contributed by atoms with Gasteiger partial charge < -0.3 is 19.7 Å². The Bertz CT molecular complexity index is 841. The fourth-order valence-electron chi connectivity index (χ4n) is 2.02. The normalized spacial score (nSPS) is 11.9. The SMILES string of the molecule is CC(=O)NC(C)c1cc(-c2cnc(Oc3ccc(O)cc3)s2)no1. The van der Waals surface area contributed by atoms with Crippen LogP contribution in [0.3, 0.4) is 0 Å². The maximum Gasteiger partial charge on any atom is 0.279 e. The number of phenols is 1. The van der Waals surface area contributed by atoms with Crippen LogP contribution >= 0.6 is 11.3 Å². The maximum atomic E-state index is 11.1. The summed E-state index contributed by atoms with van der Waals surface area (Å²) >= 11 is 1.32. The fraction of sp³-hybridized carbons (Fsp3) is 0.188. The van der Waals surface area contributed by atoms with Gasteiger partial charge in [0.25, 0.3) is 5.19 Å². The third-order valence-electron chi connectivity index (χ3n) is 3.15. The van der Waals surface area contributed by atoms with Crippen LogP contribution in [-0.2, 0) is 4.79 Å². The summed E-state index contributed by atoms with van der Waals surface area (Å²) in [6, 6.07) is 7.89. The van der Waals surface area contributed by atoms with Crippen molar-refractivity contribution in [2.45, 2.75) is 19.9 Å². The first kappa shape index (κ1) is 16.0. The predicted molar refractivity (Wildman–Crippen MR) is 88.0 cm³/mol. The Balaban J connectivity index is 1.72. The third-order valence-corrected chi connectivity index (χ3v) is 4.05. The van der Waals surface area contributed by atoms with Crippen molar-refractivity contribution in [2.75, 3.05) is 0 Å². The van der Waals surface area contributed by atoms with E-state index in [-0.39, 0.29) is 17.7 Å². The smallest absolute Gasteiger partial charge is 0.279 e. The number of phenolic OH excluding ortho intramolecular Hbond substituents is 1. The number of nitrogens with zero attached hydrogens (tertiary/aromatic N) is 2. The van der Waals surface area contributed by atoms with E-state index in [1.165, 1.54) is 30.4 Å². The first-order chi connectivity index (χ1) is 11.5. The Morgan fingerprint density at radius 2 is 2.12 bits per heavy atom. The molecule has 3 aromatic rings. The lowest BCUT2D eigenvalue weighted by atomic mass is 10.2. The monoisotopic (exact) mass is 345 g/mol. The number of amides is 1. The second-order valence-electron chi connectivity index (χ2n) is 5.12. The van der Waals surface area contributed by atoms with Crippen LogP contribution < -0.4 is 10.1 Å². The molecule has 0 aliphatic carbocycles. The van der Waals surface area contributed by atoms with Crippen LogP contribution in [0.4, 0.5) is 0 Å². The first-order valence-corrected chi connectivity index (χ1v) is 7.99. The molecule has 1 unspecified atom stereocenters. The molecule has 0 fully saturated rings. The van der Waals surface area contributed by atoms with Gasteiger partial charge in [-0.2, -0.15) is 0 Å². The Labute approximate surface area is 141 Å². The molecule has 0 saturated heterocycles. The lowest BCUT2D eigenvalue weighted by molar-refractivity contribution is -0.119. The molecule has 2 heterocycles. The highest BCUT2D eigenvalue weighted by molar-refractivity contribution is 7.16. The van der Waals surface area contributed by atoms with Gasteiger partial charge in [-0.15, -0.1) is 0 Å². The number of hydrogen-bond acceptors (Lipinski definition) is 7. The summed E-state index contributed by atoms with van der Waals surface area (Å²) in [5.74, 6) is 1.18. The van der Waals surface area contributed by atoms with Gasteiger partial charge >= 0.3 is 0 Å². The molecule has 3 rings (SSSR count). The first-order valence-electron chi connectivity index (χ1n) is 7.18. The molecule has 1 aromatic carbocycles. The molecular weight excluding hydrogens is 330 g/mol. The van der Waals surface area contributed by atoms with Crippen LogP contribution in [0.2, 0.25) is 0 Å². The van der Waals surface area contributed by atoms with Gasteiger partial charge in [-0.05, 0) is 31.2 Å². The van der Waals surface area contributed by atoms with Crippen molar-refractivity contribution in [3.8, 4) is 27.3 Å². The zero-order chi connectivity index (χ0) is 17.1. The molecule has 0 aliphatic rings. The van der Waals surface area contributed by atoms with Crippen LogP contribution in [0.15, 0.2) is 41.1 Å². The second-order valence-corrected chi connectivity index (χ2v) is 6.12. The predicted octanol–water partition coefficient (Wildman–Crippen LogP) is 3.49. The number of rotatable bonds is 5. The van der Waals surface area contributed by atoms with E-state index in [9.17, 15) is 9.90 Å². The average Bonchev–Trinajstić information content (AvgIpc) is 3.18.